The highest BCUT2D eigenvalue weighted by atomic mass is 32.2. The number of benzene rings is 2. The van der Waals surface area contributed by atoms with Crippen LogP contribution in [0.15, 0.2) is 99.3 Å². The number of carbonyl (C=O) groups is 2. The van der Waals surface area contributed by atoms with Gasteiger partial charge in [0.15, 0.2) is 0 Å². The lowest BCUT2D eigenvalue weighted by molar-refractivity contribution is -0.114. The van der Waals surface area contributed by atoms with E-state index in [2.05, 4.69) is 22.0 Å². The van der Waals surface area contributed by atoms with Gasteiger partial charge in [0.05, 0.1) is 47.3 Å². The van der Waals surface area contributed by atoms with E-state index < -0.39 is 5.92 Å². The Hall–Kier alpha value is -4.42. The van der Waals surface area contributed by atoms with Crippen LogP contribution in [0.2, 0.25) is 0 Å². The number of allylic oxidation sites excluding steroid dienone is 2. The molecule has 182 valence electrons. The lowest BCUT2D eigenvalue weighted by Crippen LogP contribution is -2.31. The van der Waals surface area contributed by atoms with E-state index in [9.17, 15) is 14.9 Å². The number of nitriles is 1. The summed E-state index contributed by atoms with van der Waals surface area (Å²) in [6, 6.07) is 21.8. The van der Waals surface area contributed by atoms with Crippen LogP contribution in [0.3, 0.4) is 0 Å². The molecule has 0 fully saturated rings. The van der Waals surface area contributed by atoms with E-state index >= 15 is 0 Å². The summed E-state index contributed by atoms with van der Waals surface area (Å²) in [5.41, 5.74) is 2.52. The predicted molar refractivity (Wildman–Crippen MR) is 139 cm³/mol. The third-order valence-electron chi connectivity index (χ3n) is 5.47. The van der Waals surface area contributed by atoms with Gasteiger partial charge in [-0.2, -0.15) is 5.26 Å². The van der Waals surface area contributed by atoms with Crippen LogP contribution in [0.1, 0.15) is 18.6 Å². The normalized spacial score (nSPS) is 15.1. The average molecular weight is 501 g/mol. The molecule has 1 unspecified atom stereocenters. The number of amides is 2. The molecule has 1 aromatic heterocycles. The highest BCUT2D eigenvalue weighted by molar-refractivity contribution is 8.03. The summed E-state index contributed by atoms with van der Waals surface area (Å²) in [5.74, 6) is -0.0879. The average Bonchev–Trinajstić information content (AvgIpc) is 3.42. The largest absolute Gasteiger partial charge is 0.497 e. The highest BCUT2D eigenvalue weighted by Crippen LogP contribution is 2.41. The maximum atomic E-state index is 13.3. The summed E-state index contributed by atoms with van der Waals surface area (Å²) < 4.78 is 10.8. The van der Waals surface area contributed by atoms with Gasteiger partial charge in [0.1, 0.15) is 11.5 Å². The van der Waals surface area contributed by atoms with Gasteiger partial charge in [-0.05, 0) is 55.5 Å². The summed E-state index contributed by atoms with van der Waals surface area (Å²) in [4.78, 5) is 25.9. The van der Waals surface area contributed by atoms with Crippen LogP contribution in [0.4, 0.5) is 11.4 Å². The van der Waals surface area contributed by atoms with Crippen molar-refractivity contribution in [1.82, 2.24) is 5.32 Å². The molecule has 4 rings (SSSR count). The number of para-hydroxylation sites is 1. The fourth-order valence-corrected chi connectivity index (χ4v) is 4.69. The van der Waals surface area contributed by atoms with E-state index in [-0.39, 0.29) is 17.6 Å². The van der Waals surface area contributed by atoms with Crippen LogP contribution >= 0.6 is 11.8 Å². The molecule has 1 aliphatic heterocycles. The van der Waals surface area contributed by atoms with Gasteiger partial charge < -0.3 is 25.1 Å². The zero-order chi connectivity index (χ0) is 25.5. The quantitative estimate of drug-likeness (QED) is 0.399. The van der Waals surface area contributed by atoms with E-state index in [1.54, 1.807) is 62.6 Å². The van der Waals surface area contributed by atoms with Gasteiger partial charge in [0, 0.05) is 17.1 Å². The summed E-state index contributed by atoms with van der Waals surface area (Å²) in [6.07, 6.45) is 1.50. The minimum atomic E-state index is -0.720. The molecule has 0 saturated heterocycles. The molecule has 3 aromatic rings. The molecule has 0 bridgehead atoms. The zero-order valence-corrected chi connectivity index (χ0v) is 20.5. The first-order valence-corrected chi connectivity index (χ1v) is 12.1. The molecule has 3 N–H and O–H groups in total. The first-order valence-electron chi connectivity index (χ1n) is 11.1. The van der Waals surface area contributed by atoms with E-state index in [1.807, 2.05) is 18.2 Å². The van der Waals surface area contributed by atoms with E-state index in [0.717, 1.165) is 0 Å². The Morgan fingerprint density at radius 1 is 1.06 bits per heavy atom. The first kappa shape index (κ1) is 24.7. The number of anilines is 2. The van der Waals surface area contributed by atoms with Crippen LogP contribution in [-0.2, 0) is 9.59 Å². The fraction of sp³-hybridized carbons (Fsp3) is 0.148. The fourth-order valence-electron chi connectivity index (χ4n) is 3.80. The lowest BCUT2D eigenvalue weighted by Gasteiger charge is -2.28. The summed E-state index contributed by atoms with van der Waals surface area (Å²) in [7, 11) is 1.57. The number of rotatable bonds is 8. The van der Waals surface area contributed by atoms with Crippen LogP contribution in [0, 0.1) is 11.3 Å². The molecular formula is C27H24N4O4S. The van der Waals surface area contributed by atoms with Gasteiger partial charge in [0.25, 0.3) is 5.91 Å². The summed E-state index contributed by atoms with van der Waals surface area (Å²) in [5, 5.41) is 19.5. The third-order valence-corrected chi connectivity index (χ3v) is 6.49. The third kappa shape index (κ3) is 5.62. The van der Waals surface area contributed by atoms with Crippen molar-refractivity contribution >= 4 is 35.0 Å². The smallest absolute Gasteiger partial charge is 0.254 e. The Bertz CT molecular complexity index is 1340. The Morgan fingerprint density at radius 3 is 2.42 bits per heavy atom. The molecule has 1 atom stereocenters. The molecular weight excluding hydrogens is 476 g/mol. The SMILES string of the molecule is COc1ccc(NC(=O)CSC2=C(C#N)C(c3ccco3)C(C(=O)Nc3ccccc3)=C(C)N2)cc1. The summed E-state index contributed by atoms with van der Waals surface area (Å²) >= 11 is 1.19. The molecule has 2 aromatic carbocycles. The van der Waals surface area contributed by atoms with Gasteiger partial charge in [-0.15, -0.1) is 0 Å². The number of ether oxygens (including phenoxy) is 1. The Kier molecular flexibility index (Phi) is 7.78. The van der Waals surface area contributed by atoms with Crippen molar-refractivity contribution in [2.45, 2.75) is 12.8 Å². The second-order valence-corrected chi connectivity index (χ2v) is 8.84. The highest BCUT2D eigenvalue weighted by Gasteiger charge is 2.36. The number of nitrogens with zero attached hydrogens (tertiary/aromatic N) is 1. The second-order valence-electron chi connectivity index (χ2n) is 7.85. The predicted octanol–water partition coefficient (Wildman–Crippen LogP) is 4.99. The van der Waals surface area contributed by atoms with Crippen molar-refractivity contribution < 1.29 is 18.7 Å². The molecule has 0 radical (unpaired) electrons. The second kappa shape index (κ2) is 11.3. The number of carbonyl (C=O) groups excluding carboxylic acids is 2. The molecule has 0 saturated carbocycles. The van der Waals surface area contributed by atoms with Crippen molar-refractivity contribution in [2.24, 2.45) is 0 Å². The van der Waals surface area contributed by atoms with Gasteiger partial charge in [-0.3, -0.25) is 9.59 Å². The van der Waals surface area contributed by atoms with Gasteiger partial charge in [-0.25, -0.2) is 0 Å². The van der Waals surface area contributed by atoms with Gasteiger partial charge >= 0.3 is 0 Å². The zero-order valence-electron chi connectivity index (χ0n) is 19.7. The van der Waals surface area contributed by atoms with Crippen molar-refractivity contribution in [2.75, 3.05) is 23.5 Å². The van der Waals surface area contributed by atoms with Crippen molar-refractivity contribution in [1.29, 1.82) is 5.26 Å². The molecule has 2 heterocycles. The number of dihydropyridines is 1. The molecule has 9 heteroatoms. The summed E-state index contributed by atoms with van der Waals surface area (Å²) in [6.45, 7) is 1.77. The minimum absolute atomic E-state index is 0.0588. The van der Waals surface area contributed by atoms with Crippen LogP contribution < -0.4 is 20.7 Å². The van der Waals surface area contributed by atoms with Crippen molar-refractivity contribution in [3.05, 3.63) is 101 Å². The van der Waals surface area contributed by atoms with Gasteiger partial charge in [0.2, 0.25) is 5.91 Å². The Labute approximate surface area is 213 Å². The van der Waals surface area contributed by atoms with E-state index in [0.29, 0.717) is 44.8 Å². The molecule has 1 aliphatic rings. The number of thioether (sulfide) groups is 1. The van der Waals surface area contributed by atoms with Crippen LogP contribution in [0.25, 0.3) is 0 Å². The molecule has 2 amide bonds. The maximum Gasteiger partial charge on any atom is 0.254 e. The molecule has 8 nitrogen and oxygen atoms in total. The molecule has 0 aliphatic carbocycles. The number of furan rings is 1. The number of nitrogens with one attached hydrogen (secondary N) is 3. The topological polar surface area (TPSA) is 116 Å². The van der Waals surface area contributed by atoms with Crippen molar-refractivity contribution in [3.63, 3.8) is 0 Å². The Morgan fingerprint density at radius 2 is 1.78 bits per heavy atom. The molecule has 0 spiro atoms. The van der Waals surface area contributed by atoms with Crippen molar-refractivity contribution in [3.8, 4) is 11.8 Å². The molecule has 36 heavy (non-hydrogen) atoms. The first-order chi connectivity index (χ1) is 17.5. The lowest BCUT2D eigenvalue weighted by atomic mass is 9.85. The van der Waals surface area contributed by atoms with Crippen LogP contribution in [-0.4, -0.2) is 24.7 Å². The van der Waals surface area contributed by atoms with Crippen LogP contribution in [0.5, 0.6) is 5.75 Å². The minimum Gasteiger partial charge on any atom is -0.497 e. The Balaban J connectivity index is 1.55. The standard InChI is InChI=1S/C27H24N4O4S/c1-17-24(26(33)31-18-7-4-3-5-8-18)25(22-9-6-14-35-22)21(15-28)27(29-17)36-16-23(32)30-19-10-12-20(34-2)13-11-19/h3-14,25,29H,16H2,1-2H3,(H,30,32)(H,31,33). The maximum absolute atomic E-state index is 13.3. The van der Waals surface area contributed by atoms with E-state index in [1.165, 1.54) is 18.0 Å². The monoisotopic (exact) mass is 500 g/mol. The number of hydrogen-bond acceptors (Lipinski definition) is 7. The van der Waals surface area contributed by atoms with Gasteiger partial charge in [-0.1, -0.05) is 30.0 Å². The number of methoxy groups -OCH3 is 1. The number of hydrogen-bond donors (Lipinski definition) is 3. The van der Waals surface area contributed by atoms with E-state index in [4.69, 9.17) is 9.15 Å².